The van der Waals surface area contributed by atoms with E-state index in [0.717, 1.165) is 0 Å². The van der Waals surface area contributed by atoms with Crippen molar-refractivity contribution in [3.05, 3.63) is 0 Å². The van der Waals surface area contributed by atoms with Crippen molar-refractivity contribution in [2.75, 3.05) is 20.1 Å². The lowest BCUT2D eigenvalue weighted by Gasteiger charge is -2.43. The Bertz CT molecular complexity index is 320. The second-order valence-electron chi connectivity index (χ2n) is 5.52. The molecule has 0 spiro atoms. The van der Waals surface area contributed by atoms with Gasteiger partial charge in [-0.15, -0.1) is 0 Å². The minimum Gasteiger partial charge on any atom is -0.481 e. The Labute approximate surface area is 109 Å². The summed E-state index contributed by atoms with van der Waals surface area (Å²) < 4.78 is 0. The normalized spacial score (nSPS) is 28.8. The first-order chi connectivity index (χ1) is 8.25. The number of carboxylic acids is 1. The van der Waals surface area contributed by atoms with E-state index in [2.05, 4.69) is 25.8 Å². The zero-order valence-electron chi connectivity index (χ0n) is 11.9. The highest BCUT2D eigenvalue weighted by molar-refractivity contribution is 5.84. The number of nitrogens with zero attached hydrogens (tertiary/aromatic N) is 2. The molecule has 0 saturated carbocycles. The van der Waals surface area contributed by atoms with Gasteiger partial charge in [0.1, 0.15) is 0 Å². The molecule has 0 radical (unpaired) electrons. The van der Waals surface area contributed by atoms with Crippen molar-refractivity contribution >= 4 is 11.9 Å². The third-order valence-electron chi connectivity index (χ3n) is 4.20. The summed E-state index contributed by atoms with van der Waals surface area (Å²) in [4.78, 5) is 27.3. The number of likely N-dealkylation sites (N-methyl/N-ethyl adjacent to an activating group) is 1. The molecule has 0 aromatic carbocycles. The van der Waals surface area contributed by atoms with Gasteiger partial charge in [0, 0.05) is 31.1 Å². The molecule has 1 aliphatic rings. The summed E-state index contributed by atoms with van der Waals surface area (Å²) in [6.45, 7) is 8.82. The van der Waals surface area contributed by atoms with E-state index in [4.69, 9.17) is 5.11 Å². The smallest absolute Gasteiger partial charge is 0.307 e. The summed E-state index contributed by atoms with van der Waals surface area (Å²) in [7, 11) is 2.06. The molecule has 1 amide bonds. The average molecular weight is 256 g/mol. The molecular weight excluding hydrogens is 232 g/mol. The Kier molecular flexibility index (Phi) is 4.73. The van der Waals surface area contributed by atoms with E-state index in [-0.39, 0.29) is 5.91 Å². The fraction of sp³-hybridized carbons (Fsp3) is 0.846. The van der Waals surface area contributed by atoms with Gasteiger partial charge in [-0.2, -0.15) is 0 Å². The average Bonchev–Trinajstić information content (AvgIpc) is 2.32. The van der Waals surface area contributed by atoms with Gasteiger partial charge in [-0.05, 0) is 20.9 Å². The summed E-state index contributed by atoms with van der Waals surface area (Å²) in [6.07, 6.45) is 0. The molecular formula is C13H24N2O3. The molecule has 104 valence electrons. The Morgan fingerprint density at radius 3 is 1.94 bits per heavy atom. The minimum atomic E-state index is -0.911. The van der Waals surface area contributed by atoms with Crippen LogP contribution < -0.4 is 0 Å². The zero-order valence-corrected chi connectivity index (χ0v) is 11.9. The molecule has 0 bridgehead atoms. The van der Waals surface area contributed by atoms with Gasteiger partial charge in [0.05, 0.1) is 5.92 Å². The van der Waals surface area contributed by atoms with E-state index < -0.39 is 17.8 Å². The van der Waals surface area contributed by atoms with Crippen LogP contribution in [-0.4, -0.2) is 59.0 Å². The fourth-order valence-corrected chi connectivity index (χ4v) is 2.30. The molecule has 5 heteroatoms. The van der Waals surface area contributed by atoms with Crippen molar-refractivity contribution in [2.24, 2.45) is 11.8 Å². The third-order valence-corrected chi connectivity index (χ3v) is 4.20. The Morgan fingerprint density at radius 1 is 1.11 bits per heavy atom. The van der Waals surface area contributed by atoms with Crippen LogP contribution in [0, 0.1) is 11.8 Å². The molecule has 4 atom stereocenters. The molecule has 4 unspecified atom stereocenters. The number of carbonyl (C=O) groups is 2. The van der Waals surface area contributed by atoms with Gasteiger partial charge in [0.2, 0.25) is 5.91 Å². The molecule has 1 aliphatic heterocycles. The van der Waals surface area contributed by atoms with Crippen LogP contribution in [-0.2, 0) is 9.59 Å². The van der Waals surface area contributed by atoms with Gasteiger partial charge in [0.25, 0.3) is 0 Å². The molecule has 0 aromatic heterocycles. The molecule has 1 rings (SSSR count). The van der Waals surface area contributed by atoms with Gasteiger partial charge < -0.3 is 10.0 Å². The van der Waals surface area contributed by atoms with E-state index in [1.807, 2.05) is 0 Å². The maximum absolute atomic E-state index is 12.3. The lowest BCUT2D eigenvalue weighted by molar-refractivity contribution is -0.150. The predicted molar refractivity (Wildman–Crippen MR) is 69.2 cm³/mol. The van der Waals surface area contributed by atoms with Crippen LogP contribution >= 0.6 is 0 Å². The maximum atomic E-state index is 12.3. The van der Waals surface area contributed by atoms with Crippen molar-refractivity contribution in [1.82, 2.24) is 9.80 Å². The predicted octanol–water partition coefficient (Wildman–Crippen LogP) is 0.894. The highest BCUT2D eigenvalue weighted by atomic mass is 16.4. The van der Waals surface area contributed by atoms with E-state index in [1.165, 1.54) is 0 Å². The van der Waals surface area contributed by atoms with Crippen LogP contribution in [0.2, 0.25) is 0 Å². The number of aliphatic carboxylic acids is 1. The van der Waals surface area contributed by atoms with E-state index in [1.54, 1.807) is 18.7 Å². The number of piperazine rings is 1. The first kappa shape index (κ1) is 15.0. The topological polar surface area (TPSA) is 60.9 Å². The number of carbonyl (C=O) groups excluding carboxylic acids is 1. The van der Waals surface area contributed by atoms with Crippen LogP contribution in [0.25, 0.3) is 0 Å². The molecule has 5 nitrogen and oxygen atoms in total. The highest BCUT2D eigenvalue weighted by Crippen LogP contribution is 2.19. The van der Waals surface area contributed by atoms with Gasteiger partial charge in [-0.25, -0.2) is 0 Å². The second-order valence-corrected chi connectivity index (χ2v) is 5.52. The van der Waals surface area contributed by atoms with Crippen molar-refractivity contribution in [3.63, 3.8) is 0 Å². The van der Waals surface area contributed by atoms with Crippen LogP contribution in [0.15, 0.2) is 0 Å². The van der Waals surface area contributed by atoms with Crippen LogP contribution in [0.1, 0.15) is 27.7 Å². The van der Waals surface area contributed by atoms with Crippen molar-refractivity contribution in [2.45, 2.75) is 39.8 Å². The molecule has 1 saturated heterocycles. The summed E-state index contributed by atoms with van der Waals surface area (Å²) in [5.74, 6) is -2.06. The van der Waals surface area contributed by atoms with Crippen LogP contribution in [0.5, 0.6) is 0 Å². The molecule has 0 aromatic rings. The standard InChI is InChI=1S/C13H24N2O3/c1-8-6-15(7-9(2)14(8)5)12(16)10(3)11(4)13(17)18/h8-11H,6-7H2,1-5H3,(H,17,18). The molecule has 1 heterocycles. The van der Waals surface area contributed by atoms with Gasteiger partial charge in [-0.3, -0.25) is 14.5 Å². The number of carboxylic acid groups (broad SMARTS) is 1. The number of hydrogen-bond donors (Lipinski definition) is 1. The highest BCUT2D eigenvalue weighted by Gasteiger charge is 2.34. The summed E-state index contributed by atoms with van der Waals surface area (Å²) >= 11 is 0. The van der Waals surface area contributed by atoms with Crippen LogP contribution in [0.4, 0.5) is 0 Å². The largest absolute Gasteiger partial charge is 0.481 e. The zero-order chi connectivity index (χ0) is 14.0. The fourth-order valence-electron chi connectivity index (χ4n) is 2.30. The van der Waals surface area contributed by atoms with E-state index >= 15 is 0 Å². The number of hydrogen-bond acceptors (Lipinski definition) is 3. The molecule has 1 fully saturated rings. The quantitative estimate of drug-likeness (QED) is 0.815. The van der Waals surface area contributed by atoms with Crippen LogP contribution in [0.3, 0.4) is 0 Å². The Hall–Kier alpha value is -1.10. The lowest BCUT2D eigenvalue weighted by Crippen LogP contribution is -2.57. The SMILES string of the molecule is CC(C(=O)O)C(C)C(=O)N1CC(C)N(C)C(C)C1. The van der Waals surface area contributed by atoms with E-state index in [9.17, 15) is 9.59 Å². The Morgan fingerprint density at radius 2 is 1.56 bits per heavy atom. The first-order valence-corrected chi connectivity index (χ1v) is 6.49. The van der Waals surface area contributed by atoms with E-state index in [0.29, 0.717) is 25.2 Å². The van der Waals surface area contributed by atoms with Gasteiger partial charge in [-0.1, -0.05) is 13.8 Å². The number of rotatable bonds is 3. The molecule has 0 aliphatic carbocycles. The maximum Gasteiger partial charge on any atom is 0.307 e. The van der Waals surface area contributed by atoms with Crippen molar-refractivity contribution in [1.29, 1.82) is 0 Å². The second kappa shape index (κ2) is 5.69. The first-order valence-electron chi connectivity index (χ1n) is 6.49. The molecule has 1 N–H and O–H groups in total. The monoisotopic (exact) mass is 256 g/mol. The molecule has 18 heavy (non-hydrogen) atoms. The van der Waals surface area contributed by atoms with Crippen molar-refractivity contribution in [3.8, 4) is 0 Å². The summed E-state index contributed by atoms with van der Waals surface area (Å²) in [5, 5.41) is 8.97. The third kappa shape index (κ3) is 3.02. The summed E-state index contributed by atoms with van der Waals surface area (Å²) in [6, 6.07) is 0.620. The van der Waals surface area contributed by atoms with Gasteiger partial charge in [0.15, 0.2) is 0 Å². The number of amides is 1. The summed E-state index contributed by atoms with van der Waals surface area (Å²) in [5.41, 5.74) is 0. The van der Waals surface area contributed by atoms with Gasteiger partial charge >= 0.3 is 5.97 Å². The lowest BCUT2D eigenvalue weighted by atomic mass is 9.94. The van der Waals surface area contributed by atoms with Crippen molar-refractivity contribution < 1.29 is 14.7 Å². The minimum absolute atomic E-state index is 0.0447. The Balaban J connectivity index is 2.70.